The van der Waals surface area contributed by atoms with E-state index in [1.165, 1.54) is 6.42 Å². The largest absolute Gasteiger partial charge is 0.469 e. The standard InChI is InChI=1S/C42H54N2O10/c1-38(2)33-32(47)34(48)40(4)29(41(33)18-51-31(46)16-30(41)53-38)7-10-39(3)35(52-37(49)36-42(39,40)54-36)22-9-12-50-28(22)15-25-23-13-21-8-11-44-19-43-17-26(44)24(21)14-20(23)5-6-27(25)45/h8-9,11-12,20-21,23-27,29-30,33-36,43,45,48H,5-7,10,13-19H2,1-4H3/t20-,21-,23+,24-,25-,26+,27+,29+,30+,33-,34-,35+,36-,39+,40+,41+,42-/m1/s1. The molecule has 10 aliphatic rings. The average Bonchev–Trinajstić information content (AvgIpc) is 3.38. The van der Waals surface area contributed by atoms with Gasteiger partial charge in [-0.1, -0.05) is 19.9 Å². The maximum Gasteiger partial charge on any atom is 0.339 e. The van der Waals surface area contributed by atoms with Crippen molar-refractivity contribution in [2.24, 2.45) is 57.7 Å². The van der Waals surface area contributed by atoms with E-state index in [2.05, 4.69) is 29.4 Å². The second-order valence-electron chi connectivity index (χ2n) is 19.8. The number of aliphatic hydroxyl groups excluding tert-OH is 2. The first-order valence-electron chi connectivity index (χ1n) is 20.6. The fourth-order valence-electron chi connectivity index (χ4n) is 15.5. The Balaban J connectivity index is 0.939. The van der Waals surface area contributed by atoms with Crippen LogP contribution in [0.2, 0.25) is 0 Å². The summed E-state index contributed by atoms with van der Waals surface area (Å²) in [6, 6.07) is 2.44. The lowest BCUT2D eigenvalue weighted by atomic mass is 9.36. The molecule has 0 unspecified atom stereocenters. The zero-order valence-corrected chi connectivity index (χ0v) is 31.7. The third kappa shape index (κ3) is 4.00. The van der Waals surface area contributed by atoms with Crippen LogP contribution in [0.4, 0.5) is 0 Å². The van der Waals surface area contributed by atoms with Crippen LogP contribution >= 0.6 is 0 Å². The Morgan fingerprint density at radius 3 is 2.67 bits per heavy atom. The summed E-state index contributed by atoms with van der Waals surface area (Å²) in [6.07, 6.45) is 7.98. The second-order valence-corrected chi connectivity index (χ2v) is 19.8. The van der Waals surface area contributed by atoms with Gasteiger partial charge in [-0.3, -0.25) is 14.9 Å². The summed E-state index contributed by atoms with van der Waals surface area (Å²) < 4.78 is 31.7. The maximum atomic E-state index is 14.6. The van der Waals surface area contributed by atoms with Gasteiger partial charge in [0.25, 0.3) is 0 Å². The number of ketones is 1. The van der Waals surface area contributed by atoms with Gasteiger partial charge >= 0.3 is 11.9 Å². The van der Waals surface area contributed by atoms with Crippen LogP contribution in [0.25, 0.3) is 0 Å². The first kappa shape index (κ1) is 34.5. The van der Waals surface area contributed by atoms with Gasteiger partial charge in [0.15, 0.2) is 11.9 Å². The summed E-state index contributed by atoms with van der Waals surface area (Å²) in [5.41, 5.74) is -4.24. The van der Waals surface area contributed by atoms with Gasteiger partial charge in [-0.05, 0) is 100 Å². The van der Waals surface area contributed by atoms with Crippen LogP contribution in [0, 0.1) is 57.7 Å². The van der Waals surface area contributed by atoms with Crippen LogP contribution in [-0.2, 0) is 39.8 Å². The molecule has 6 aliphatic heterocycles. The molecule has 17 atom stereocenters. The fraction of sp³-hybridized carbons (Fsp3) is 0.786. The van der Waals surface area contributed by atoms with Crippen molar-refractivity contribution in [3.63, 3.8) is 0 Å². The third-order valence-corrected chi connectivity index (χ3v) is 17.6. The Kier molecular flexibility index (Phi) is 7.02. The van der Waals surface area contributed by atoms with Gasteiger partial charge in [0.1, 0.15) is 30.2 Å². The molecule has 9 fully saturated rings. The number of ether oxygens (including phenoxy) is 4. The van der Waals surface area contributed by atoms with Gasteiger partial charge in [0.2, 0.25) is 0 Å². The number of nitrogens with zero attached hydrogens (tertiary/aromatic N) is 1. The van der Waals surface area contributed by atoms with Crippen molar-refractivity contribution >= 4 is 17.7 Å². The molecule has 5 saturated heterocycles. The first-order chi connectivity index (χ1) is 25.8. The van der Waals surface area contributed by atoms with Gasteiger partial charge in [-0.2, -0.15) is 0 Å². The first-order valence-corrected chi connectivity index (χ1v) is 20.6. The summed E-state index contributed by atoms with van der Waals surface area (Å²) in [4.78, 5) is 43.8. The number of allylic oxidation sites excluding steroid dienone is 1. The fourth-order valence-corrected chi connectivity index (χ4v) is 15.5. The monoisotopic (exact) mass is 746 g/mol. The van der Waals surface area contributed by atoms with Gasteiger partial charge in [-0.25, -0.2) is 4.79 Å². The van der Waals surface area contributed by atoms with Crippen LogP contribution in [0.15, 0.2) is 29.0 Å². The topological polar surface area (TPSA) is 160 Å². The Hall–Kier alpha value is -2.77. The van der Waals surface area contributed by atoms with E-state index in [1.807, 2.05) is 26.8 Å². The maximum absolute atomic E-state index is 14.6. The number of hydrogen-bond acceptors (Lipinski definition) is 12. The predicted octanol–water partition coefficient (Wildman–Crippen LogP) is 3.44. The number of nitrogens with one attached hydrogen (secondary N) is 1. The van der Waals surface area contributed by atoms with Crippen LogP contribution < -0.4 is 5.32 Å². The van der Waals surface area contributed by atoms with E-state index < -0.39 is 69.9 Å². The van der Waals surface area contributed by atoms with E-state index in [4.69, 9.17) is 23.4 Å². The van der Waals surface area contributed by atoms with Crippen molar-refractivity contribution < 1.29 is 48.0 Å². The van der Waals surface area contributed by atoms with E-state index >= 15 is 0 Å². The quantitative estimate of drug-likeness (QED) is 0.306. The lowest BCUT2D eigenvalue weighted by Gasteiger charge is -2.66. The van der Waals surface area contributed by atoms with E-state index in [0.29, 0.717) is 49.0 Å². The highest BCUT2D eigenvalue weighted by Crippen LogP contribution is 2.80. The number of rotatable bonds is 3. The molecule has 11 rings (SSSR count). The molecule has 3 N–H and O–H groups in total. The highest BCUT2D eigenvalue weighted by Gasteiger charge is 2.90. The molecule has 54 heavy (non-hydrogen) atoms. The smallest absolute Gasteiger partial charge is 0.339 e. The number of epoxide rings is 1. The van der Waals surface area contributed by atoms with Crippen LogP contribution in [0.1, 0.15) is 90.1 Å². The third-order valence-electron chi connectivity index (χ3n) is 17.6. The molecule has 0 radical (unpaired) electrons. The number of esters is 2. The molecule has 1 aromatic rings. The number of Topliss-reactive ketones (excluding diaryl/α,β-unsaturated/α-hetero) is 1. The van der Waals surface area contributed by atoms with Crippen molar-refractivity contribution in [1.29, 1.82) is 0 Å². The summed E-state index contributed by atoms with van der Waals surface area (Å²) in [7, 11) is 0. The summed E-state index contributed by atoms with van der Waals surface area (Å²) >= 11 is 0. The van der Waals surface area contributed by atoms with Crippen LogP contribution in [0.5, 0.6) is 0 Å². The lowest BCUT2D eigenvalue weighted by Crippen LogP contribution is -2.76. The molecule has 12 heteroatoms. The molecular weight excluding hydrogens is 692 g/mol. The normalized spacial score (nSPS) is 53.4. The van der Waals surface area contributed by atoms with Crippen molar-refractivity contribution in [3.05, 3.63) is 35.9 Å². The Morgan fingerprint density at radius 2 is 1.83 bits per heavy atom. The second kappa shape index (κ2) is 11.0. The Labute approximate surface area is 315 Å². The van der Waals surface area contributed by atoms with Crippen molar-refractivity contribution in [3.8, 4) is 0 Å². The number of hydrogen-bond donors (Lipinski definition) is 3. The van der Waals surface area contributed by atoms with Gasteiger partial charge in [-0.15, -0.1) is 0 Å². The minimum absolute atomic E-state index is 0.00690. The molecule has 12 nitrogen and oxygen atoms in total. The summed E-state index contributed by atoms with van der Waals surface area (Å²) in [5, 5.41) is 27.5. The summed E-state index contributed by atoms with van der Waals surface area (Å²) in [5.74, 6) is 0.514. The van der Waals surface area contributed by atoms with Crippen LogP contribution in [0.3, 0.4) is 0 Å². The highest BCUT2D eigenvalue weighted by molar-refractivity contribution is 5.92. The van der Waals surface area contributed by atoms with Crippen LogP contribution in [-0.4, -0.2) is 94.3 Å². The molecule has 1 aromatic heterocycles. The number of furan rings is 1. The zero-order chi connectivity index (χ0) is 37.3. The Bertz CT molecular complexity index is 1840. The van der Waals surface area contributed by atoms with Crippen molar-refractivity contribution in [2.45, 2.75) is 127 Å². The number of fused-ring (bicyclic) bond motifs is 5. The van der Waals surface area contributed by atoms with Gasteiger partial charge < -0.3 is 38.5 Å². The summed E-state index contributed by atoms with van der Waals surface area (Å²) in [6.45, 7) is 9.71. The molecule has 4 aliphatic carbocycles. The average molecular weight is 747 g/mol. The van der Waals surface area contributed by atoms with E-state index in [0.717, 1.165) is 43.8 Å². The molecule has 0 amide bonds. The minimum Gasteiger partial charge on any atom is -0.469 e. The molecule has 0 bridgehead atoms. The molecule has 0 aromatic carbocycles. The molecule has 4 saturated carbocycles. The van der Waals surface area contributed by atoms with E-state index in [1.54, 1.807) is 6.26 Å². The number of carbonyl (C=O) groups excluding carboxylic acids is 3. The molecule has 7 heterocycles. The predicted molar refractivity (Wildman–Crippen MR) is 189 cm³/mol. The van der Waals surface area contributed by atoms with E-state index in [9.17, 15) is 24.6 Å². The van der Waals surface area contributed by atoms with Gasteiger partial charge in [0, 0.05) is 40.8 Å². The highest BCUT2D eigenvalue weighted by atomic mass is 16.7. The number of aliphatic hydroxyl groups is 2. The number of cyclic esters (lactones) is 2. The van der Waals surface area contributed by atoms with Crippen molar-refractivity contribution in [2.75, 3.05) is 19.8 Å². The van der Waals surface area contributed by atoms with Gasteiger partial charge in [0.05, 0.1) is 43.1 Å². The molecular formula is C42H54N2O10. The minimum atomic E-state index is -1.43. The SMILES string of the molecule is CC1(C)O[C@H]2CC(=O)OC[C@@]23[C@@H]1C(=O)[C@@H](O)[C@]1(C)[C@@H]3CC[C@@]2(C)[C@H](c3ccoc3C[C@@H]3[C@H]4C[C@H]5C=CN6CNC[C@H]6[C@@H]5C[C@H]4CC[C@@H]3O)OC(=O)[C@H]3O[C@@]312. The Morgan fingerprint density at radius 1 is 1.00 bits per heavy atom. The number of carbonyl (C=O) groups is 3. The van der Waals surface area contributed by atoms with E-state index in [-0.39, 0.29) is 36.6 Å². The zero-order valence-electron chi connectivity index (χ0n) is 31.7. The molecule has 2 spiro atoms. The lowest BCUT2D eigenvalue weighted by molar-refractivity contribution is -0.252. The molecule has 292 valence electrons. The van der Waals surface area contributed by atoms with Crippen molar-refractivity contribution in [1.82, 2.24) is 10.2 Å².